The zero-order valence-corrected chi connectivity index (χ0v) is 25.6. The van der Waals surface area contributed by atoms with Crippen LogP contribution >= 0.6 is 11.6 Å². The van der Waals surface area contributed by atoms with E-state index in [0.717, 1.165) is 5.56 Å². The summed E-state index contributed by atoms with van der Waals surface area (Å²) in [7, 11) is 0. The van der Waals surface area contributed by atoms with Gasteiger partial charge in [0.15, 0.2) is 11.9 Å². The van der Waals surface area contributed by atoms with E-state index in [1.807, 2.05) is 37.8 Å². The van der Waals surface area contributed by atoms with E-state index in [1.165, 1.54) is 18.3 Å². The molecule has 1 saturated heterocycles. The van der Waals surface area contributed by atoms with Gasteiger partial charge >= 0.3 is 0 Å². The number of aryl methyl sites for hydroxylation is 2. The lowest BCUT2D eigenvalue weighted by Crippen LogP contribution is -2.54. The van der Waals surface area contributed by atoms with Gasteiger partial charge in [0.1, 0.15) is 5.75 Å². The fourth-order valence-electron chi connectivity index (χ4n) is 5.00. The highest BCUT2D eigenvalue weighted by molar-refractivity contribution is 6.33. The Balaban J connectivity index is 1.66. The smallest absolute Gasteiger partial charge is 0.257 e. The van der Waals surface area contributed by atoms with Crippen LogP contribution in [-0.2, 0) is 4.79 Å². The molecule has 3 aromatic rings. The molecule has 2 N–H and O–H groups in total. The van der Waals surface area contributed by atoms with E-state index in [-0.39, 0.29) is 34.8 Å². The maximum absolute atomic E-state index is 13.3. The van der Waals surface area contributed by atoms with E-state index in [0.29, 0.717) is 54.8 Å². The molecule has 11 heteroatoms. The van der Waals surface area contributed by atoms with E-state index in [1.54, 1.807) is 31.3 Å². The first-order valence-electron chi connectivity index (χ1n) is 14.2. The Morgan fingerprint density at radius 2 is 1.93 bits per heavy atom. The first kappa shape index (κ1) is 31.7. The summed E-state index contributed by atoms with van der Waals surface area (Å²) in [5.41, 5.74) is 2.83. The van der Waals surface area contributed by atoms with Gasteiger partial charge < -0.3 is 20.3 Å². The van der Waals surface area contributed by atoms with Gasteiger partial charge in [-0.1, -0.05) is 24.2 Å². The number of anilines is 1. The summed E-state index contributed by atoms with van der Waals surface area (Å²) in [6.07, 6.45) is 4.12. The Morgan fingerprint density at radius 3 is 2.58 bits per heavy atom. The maximum Gasteiger partial charge on any atom is 0.257 e. The van der Waals surface area contributed by atoms with Crippen molar-refractivity contribution >= 4 is 35.1 Å². The highest BCUT2D eigenvalue weighted by Crippen LogP contribution is 2.30. The monoisotopic (exact) mass is 604 g/mol. The van der Waals surface area contributed by atoms with Gasteiger partial charge in [0.25, 0.3) is 11.8 Å². The number of benzene rings is 1. The lowest BCUT2D eigenvalue weighted by atomic mass is 10.0. The van der Waals surface area contributed by atoms with Gasteiger partial charge in [-0.15, -0.1) is 0 Å². The lowest BCUT2D eigenvalue weighted by Gasteiger charge is -2.40. The second-order valence-electron chi connectivity index (χ2n) is 10.5. The van der Waals surface area contributed by atoms with Crippen LogP contribution in [0.5, 0.6) is 5.75 Å². The highest BCUT2D eigenvalue weighted by Gasteiger charge is 2.30. The molecule has 0 radical (unpaired) electrons. The Hall–Kier alpha value is -4.28. The molecule has 4 rings (SSSR count). The molecule has 2 atom stereocenters. The molecule has 10 nitrogen and oxygen atoms in total. The molecule has 0 spiro atoms. The van der Waals surface area contributed by atoms with Crippen LogP contribution in [-0.4, -0.2) is 76.3 Å². The molecule has 0 unspecified atom stereocenters. The largest absolute Gasteiger partial charge is 0.482 e. The van der Waals surface area contributed by atoms with Gasteiger partial charge in [0.2, 0.25) is 5.91 Å². The second-order valence-corrected chi connectivity index (χ2v) is 10.9. The number of nitrogens with one attached hydrogen (secondary N) is 2. The number of piperazine rings is 1. The van der Waals surface area contributed by atoms with Gasteiger partial charge in [-0.05, 0) is 75.2 Å². The summed E-state index contributed by atoms with van der Waals surface area (Å²) < 4.78 is 6.60. The third-order valence-electron chi connectivity index (χ3n) is 7.27. The summed E-state index contributed by atoms with van der Waals surface area (Å²) >= 11 is 6.19. The molecule has 1 aromatic carbocycles. The average Bonchev–Trinajstić information content (AvgIpc) is 2.98. The van der Waals surface area contributed by atoms with E-state index in [9.17, 15) is 14.4 Å². The quantitative estimate of drug-likeness (QED) is 0.325. The second kappa shape index (κ2) is 14.3. The number of amides is 3. The number of nitrogens with zero attached hydrogens (tertiary/aromatic N) is 4. The molecular formula is C32H37ClN6O4. The van der Waals surface area contributed by atoms with Crippen LogP contribution in [0.2, 0.25) is 5.02 Å². The van der Waals surface area contributed by atoms with Crippen LogP contribution in [0.3, 0.4) is 0 Å². The third kappa shape index (κ3) is 7.77. The van der Waals surface area contributed by atoms with Crippen LogP contribution in [0, 0.1) is 13.8 Å². The maximum atomic E-state index is 13.3. The molecule has 1 fully saturated rings. The molecule has 0 bridgehead atoms. The molecular weight excluding hydrogens is 568 g/mol. The number of carbonyl (C=O) groups excluding carboxylic acids is 3. The minimum atomic E-state index is -0.533. The Labute approximate surface area is 257 Å². The van der Waals surface area contributed by atoms with Crippen LogP contribution in [0.15, 0.2) is 61.4 Å². The third-order valence-corrected chi connectivity index (χ3v) is 7.58. The summed E-state index contributed by atoms with van der Waals surface area (Å²) in [5, 5.41) is 5.85. The fraction of sp³-hybridized carbons (Fsp3) is 0.344. The number of rotatable bonds is 10. The number of aromatic nitrogens is 2. The zero-order chi connectivity index (χ0) is 31.1. The standard InChI is InChI=1S/C32H37ClN6O4/c1-6-29(40)39-14-13-38(18-22(39)5)19-28(26-11-10-20(3)17-36-26)43-27-15-21(4)23(16-24(27)31(41)34-7-2)32(42)37-30-25(33)9-8-12-35-30/h6,8-12,15-17,22,28H,1,7,13-14,18-19H2,2-5H3,(H,34,41)(H,35,37,42)/t22-,28-/m1/s1. The number of hydrogen-bond donors (Lipinski definition) is 2. The molecule has 0 aliphatic carbocycles. The average molecular weight is 605 g/mol. The van der Waals surface area contributed by atoms with Gasteiger partial charge in [-0.25, -0.2) is 4.98 Å². The minimum Gasteiger partial charge on any atom is -0.482 e. The van der Waals surface area contributed by atoms with Crippen molar-refractivity contribution in [2.75, 3.05) is 38.0 Å². The first-order valence-corrected chi connectivity index (χ1v) is 14.6. The van der Waals surface area contributed by atoms with Crippen LogP contribution < -0.4 is 15.4 Å². The minimum absolute atomic E-state index is 0.00980. The van der Waals surface area contributed by atoms with Crippen molar-refractivity contribution in [3.8, 4) is 5.75 Å². The van der Waals surface area contributed by atoms with Crippen LogP contribution in [0.4, 0.5) is 5.82 Å². The Bertz CT molecular complexity index is 1500. The van der Waals surface area contributed by atoms with E-state index < -0.39 is 12.0 Å². The predicted molar refractivity (Wildman–Crippen MR) is 167 cm³/mol. The molecule has 0 saturated carbocycles. The molecule has 226 valence electrons. The number of hydrogen-bond acceptors (Lipinski definition) is 7. The Kier molecular flexibility index (Phi) is 10.5. The molecule has 43 heavy (non-hydrogen) atoms. The summed E-state index contributed by atoms with van der Waals surface area (Å²) in [5.74, 6) is -0.354. The van der Waals surface area contributed by atoms with Crippen LogP contribution in [0.25, 0.3) is 0 Å². The molecule has 3 heterocycles. The van der Waals surface area contributed by atoms with Crippen molar-refractivity contribution in [2.45, 2.75) is 39.8 Å². The zero-order valence-electron chi connectivity index (χ0n) is 24.9. The van der Waals surface area contributed by atoms with E-state index >= 15 is 0 Å². The van der Waals surface area contributed by atoms with Crippen LogP contribution in [0.1, 0.15) is 57.5 Å². The molecule has 1 aliphatic heterocycles. The van der Waals surface area contributed by atoms with Crippen molar-refractivity contribution in [1.29, 1.82) is 0 Å². The topological polar surface area (TPSA) is 117 Å². The number of carbonyl (C=O) groups is 3. The first-order chi connectivity index (χ1) is 20.6. The molecule has 3 amide bonds. The molecule has 2 aromatic heterocycles. The van der Waals surface area contributed by atoms with Gasteiger partial charge in [-0.3, -0.25) is 24.3 Å². The number of pyridine rings is 2. The Morgan fingerprint density at radius 1 is 1.14 bits per heavy atom. The SMILES string of the molecule is C=CC(=O)N1CCN(C[C@@H](Oc2cc(C)c(C(=O)Nc3ncccc3Cl)cc2C(=O)NCC)c2ccc(C)cn2)C[C@H]1C. The summed E-state index contributed by atoms with van der Waals surface area (Å²) in [6.45, 7) is 13.9. The number of halogens is 1. The van der Waals surface area contributed by atoms with Crippen molar-refractivity contribution in [3.63, 3.8) is 0 Å². The van der Waals surface area contributed by atoms with Gasteiger partial charge in [0.05, 0.1) is 16.3 Å². The predicted octanol–water partition coefficient (Wildman–Crippen LogP) is 4.59. The summed E-state index contributed by atoms with van der Waals surface area (Å²) in [6, 6.07) is 10.4. The summed E-state index contributed by atoms with van der Waals surface area (Å²) in [4.78, 5) is 51.6. The lowest BCUT2D eigenvalue weighted by molar-refractivity contribution is -0.130. The number of ether oxygens (including phenoxy) is 1. The van der Waals surface area contributed by atoms with Crippen molar-refractivity contribution in [3.05, 3.63) is 94.4 Å². The van der Waals surface area contributed by atoms with E-state index in [4.69, 9.17) is 16.3 Å². The fourth-order valence-corrected chi connectivity index (χ4v) is 5.17. The van der Waals surface area contributed by atoms with Gasteiger partial charge in [-0.2, -0.15) is 0 Å². The molecule has 1 aliphatic rings. The van der Waals surface area contributed by atoms with Gasteiger partial charge in [0, 0.05) is 56.7 Å². The van der Waals surface area contributed by atoms with E-state index in [2.05, 4.69) is 32.1 Å². The van der Waals surface area contributed by atoms with Crippen molar-refractivity contribution in [2.24, 2.45) is 0 Å². The van der Waals surface area contributed by atoms with Crippen molar-refractivity contribution in [1.82, 2.24) is 25.1 Å². The van der Waals surface area contributed by atoms with Crippen molar-refractivity contribution < 1.29 is 19.1 Å². The highest BCUT2D eigenvalue weighted by atomic mass is 35.5. The normalized spacial score (nSPS) is 15.8.